The lowest BCUT2D eigenvalue weighted by Gasteiger charge is -2.27. The van der Waals surface area contributed by atoms with Crippen LogP contribution in [0.3, 0.4) is 0 Å². The molecular weight excluding hydrogens is 475 g/mol. The van der Waals surface area contributed by atoms with E-state index in [1.807, 2.05) is 18.3 Å². The van der Waals surface area contributed by atoms with Crippen molar-refractivity contribution in [1.29, 1.82) is 0 Å². The number of nitrogens with one attached hydrogen (secondary N) is 2. The minimum absolute atomic E-state index is 0.252. The van der Waals surface area contributed by atoms with E-state index in [9.17, 15) is 13.2 Å². The molecule has 2 aromatic heterocycles. The van der Waals surface area contributed by atoms with Crippen molar-refractivity contribution in [3.63, 3.8) is 0 Å². The van der Waals surface area contributed by atoms with Gasteiger partial charge in [0.15, 0.2) is 0 Å². The first kappa shape index (κ1) is 25.4. The van der Waals surface area contributed by atoms with Crippen molar-refractivity contribution in [3.8, 4) is 11.4 Å². The number of nitrogens with zero attached hydrogens (tertiary/aromatic N) is 3. The van der Waals surface area contributed by atoms with Crippen molar-refractivity contribution in [3.05, 3.63) is 54.0 Å². The predicted molar refractivity (Wildman–Crippen MR) is 129 cm³/mol. The molecule has 1 aliphatic heterocycles. The van der Waals surface area contributed by atoms with Crippen LogP contribution in [0.5, 0.6) is 0 Å². The van der Waals surface area contributed by atoms with Gasteiger partial charge in [0.25, 0.3) is 5.97 Å². The molecular formula is C25H26F3N5O3. The fourth-order valence-corrected chi connectivity index (χ4v) is 4.01. The molecule has 3 N–H and O–H groups in total. The molecule has 1 unspecified atom stereocenters. The number of allylic oxidation sites excluding steroid dienone is 1. The lowest BCUT2D eigenvalue weighted by Crippen LogP contribution is -2.33. The van der Waals surface area contributed by atoms with Crippen molar-refractivity contribution in [2.75, 3.05) is 0 Å². The number of H-pyrrole nitrogens is 1. The van der Waals surface area contributed by atoms with Crippen LogP contribution in [0.2, 0.25) is 0 Å². The maximum Gasteiger partial charge on any atom is 0.416 e. The Morgan fingerprint density at radius 2 is 1.89 bits per heavy atom. The molecule has 5 rings (SSSR count). The van der Waals surface area contributed by atoms with Gasteiger partial charge in [-0.15, -0.1) is 0 Å². The Kier molecular flexibility index (Phi) is 7.68. The fraction of sp³-hybridized carbons (Fsp3) is 0.360. The normalized spacial score (nSPS) is 18.2. The number of carboxylic acid groups (broad SMARTS) is 1. The molecule has 0 bridgehead atoms. The summed E-state index contributed by atoms with van der Waals surface area (Å²) < 4.78 is 44.8. The van der Waals surface area contributed by atoms with Gasteiger partial charge in [-0.3, -0.25) is 9.78 Å². The van der Waals surface area contributed by atoms with Gasteiger partial charge in [-0.05, 0) is 43.2 Å². The number of alkyl halides is 3. The molecule has 36 heavy (non-hydrogen) atoms. The Bertz CT molecular complexity index is 1260. The van der Waals surface area contributed by atoms with Crippen LogP contribution in [0.4, 0.5) is 13.2 Å². The van der Waals surface area contributed by atoms with Crippen LogP contribution >= 0.6 is 0 Å². The Hall–Kier alpha value is -3.73. The number of ether oxygens (including phenoxy) is 1. The third-order valence-corrected chi connectivity index (χ3v) is 5.75. The zero-order valence-electron chi connectivity index (χ0n) is 19.5. The van der Waals surface area contributed by atoms with Crippen molar-refractivity contribution < 1.29 is 27.8 Å². The third-order valence-electron chi connectivity index (χ3n) is 5.75. The summed E-state index contributed by atoms with van der Waals surface area (Å²) in [6, 6.07) is 7.10. The molecule has 1 fully saturated rings. The SMILES string of the molecule is CC(=O)O.FC(F)(F)c1ccc2nc(-c3ccc(C4=CNC(OC5CCCCC5)N=C4)nc3)[nH]c2c1. The number of hydrogen-bond donors (Lipinski definition) is 3. The number of fused-ring (bicyclic) bond motifs is 1. The molecule has 3 aromatic rings. The van der Waals surface area contributed by atoms with E-state index in [-0.39, 0.29) is 12.5 Å². The van der Waals surface area contributed by atoms with E-state index in [0.29, 0.717) is 22.4 Å². The number of carbonyl (C=O) groups is 1. The number of aliphatic imine (C=N–C) groups is 1. The summed E-state index contributed by atoms with van der Waals surface area (Å²) >= 11 is 0. The number of carboxylic acids is 1. The van der Waals surface area contributed by atoms with Crippen LogP contribution in [-0.2, 0) is 15.7 Å². The number of aromatic amines is 1. The van der Waals surface area contributed by atoms with Gasteiger partial charge >= 0.3 is 6.18 Å². The average Bonchev–Trinajstić information content (AvgIpc) is 3.28. The minimum atomic E-state index is -4.40. The molecule has 2 aliphatic rings. The molecule has 8 nitrogen and oxygen atoms in total. The van der Waals surface area contributed by atoms with Crippen molar-refractivity contribution in [2.24, 2.45) is 4.99 Å². The van der Waals surface area contributed by atoms with Gasteiger partial charge in [-0.1, -0.05) is 19.3 Å². The summed E-state index contributed by atoms with van der Waals surface area (Å²) in [4.78, 5) is 25.2. The first-order valence-corrected chi connectivity index (χ1v) is 11.6. The lowest BCUT2D eigenvalue weighted by atomic mass is 9.98. The average molecular weight is 502 g/mol. The Balaban J connectivity index is 0.000000709. The van der Waals surface area contributed by atoms with E-state index in [1.165, 1.54) is 25.3 Å². The number of aliphatic carboxylic acids is 1. The maximum atomic E-state index is 12.9. The number of benzene rings is 1. The van der Waals surface area contributed by atoms with Crippen LogP contribution in [0.15, 0.2) is 47.7 Å². The van der Waals surface area contributed by atoms with Crippen molar-refractivity contribution >= 4 is 28.8 Å². The minimum Gasteiger partial charge on any atom is -0.481 e. The second-order valence-electron chi connectivity index (χ2n) is 8.56. The molecule has 0 radical (unpaired) electrons. The molecule has 1 atom stereocenters. The number of rotatable bonds is 4. The van der Waals surface area contributed by atoms with Gasteiger partial charge in [0.05, 0.1) is 28.4 Å². The molecule has 0 amide bonds. The monoisotopic (exact) mass is 501 g/mol. The summed E-state index contributed by atoms with van der Waals surface area (Å²) in [6.45, 7) is 1.08. The molecule has 0 spiro atoms. The molecule has 0 saturated heterocycles. The van der Waals surface area contributed by atoms with Crippen molar-refractivity contribution in [2.45, 2.75) is 57.7 Å². The topological polar surface area (TPSA) is 112 Å². The molecule has 1 aromatic carbocycles. The standard InChI is InChI=1S/C23H22F3N5O.C2H4O2/c24-23(25,26)16-7-9-19-20(10-16)31-21(30-19)14-6-8-18(27-11-14)15-12-28-22(29-13-15)32-17-4-2-1-3-5-17;1-2(3)4/h6-13,17,22,28H,1-5H2,(H,30,31);1H3,(H,3,4). The summed E-state index contributed by atoms with van der Waals surface area (Å²) in [6.07, 6.45) is 6.52. The van der Waals surface area contributed by atoms with E-state index < -0.39 is 17.7 Å². The summed E-state index contributed by atoms with van der Waals surface area (Å²) in [5.74, 6) is -0.372. The highest BCUT2D eigenvalue weighted by molar-refractivity contribution is 6.09. The number of aromatic nitrogens is 3. The van der Waals surface area contributed by atoms with Gasteiger partial charge in [0.2, 0.25) is 6.35 Å². The smallest absolute Gasteiger partial charge is 0.416 e. The van der Waals surface area contributed by atoms with Crippen LogP contribution in [0.1, 0.15) is 50.3 Å². The number of halogens is 3. The highest BCUT2D eigenvalue weighted by Crippen LogP contribution is 2.32. The second kappa shape index (κ2) is 10.9. The van der Waals surface area contributed by atoms with Gasteiger partial charge < -0.3 is 20.1 Å². The quantitative estimate of drug-likeness (QED) is 0.442. The van der Waals surface area contributed by atoms with Gasteiger partial charge in [0.1, 0.15) is 5.82 Å². The molecule has 1 saturated carbocycles. The van der Waals surface area contributed by atoms with E-state index >= 15 is 0 Å². The Labute approximate surface area is 205 Å². The number of imidazole rings is 1. The van der Waals surface area contributed by atoms with Gasteiger partial charge in [0, 0.05) is 36.7 Å². The van der Waals surface area contributed by atoms with Crippen molar-refractivity contribution in [1.82, 2.24) is 20.3 Å². The summed E-state index contributed by atoms with van der Waals surface area (Å²) in [5.41, 5.74) is 2.30. The summed E-state index contributed by atoms with van der Waals surface area (Å²) in [5, 5.41) is 10.6. The highest BCUT2D eigenvalue weighted by Gasteiger charge is 2.30. The van der Waals surface area contributed by atoms with Gasteiger partial charge in [-0.2, -0.15) is 13.2 Å². The maximum absolute atomic E-state index is 12.9. The largest absolute Gasteiger partial charge is 0.481 e. The Morgan fingerprint density at radius 3 is 2.50 bits per heavy atom. The zero-order chi connectivity index (χ0) is 25.7. The van der Waals surface area contributed by atoms with E-state index in [0.717, 1.165) is 43.2 Å². The first-order valence-electron chi connectivity index (χ1n) is 11.6. The van der Waals surface area contributed by atoms with Gasteiger partial charge in [-0.25, -0.2) is 9.98 Å². The van der Waals surface area contributed by atoms with Crippen LogP contribution < -0.4 is 5.32 Å². The van der Waals surface area contributed by atoms with E-state index in [2.05, 4.69) is 25.3 Å². The number of pyridine rings is 1. The lowest BCUT2D eigenvalue weighted by molar-refractivity contribution is -0.137. The summed E-state index contributed by atoms with van der Waals surface area (Å²) in [7, 11) is 0. The Morgan fingerprint density at radius 1 is 1.14 bits per heavy atom. The first-order chi connectivity index (χ1) is 17.2. The molecule has 1 aliphatic carbocycles. The molecule has 3 heterocycles. The van der Waals surface area contributed by atoms with Crippen LogP contribution in [0.25, 0.3) is 28.0 Å². The van der Waals surface area contributed by atoms with Crippen LogP contribution in [-0.4, -0.2) is 44.7 Å². The van der Waals surface area contributed by atoms with Crippen LogP contribution in [0, 0.1) is 0 Å². The zero-order valence-corrected chi connectivity index (χ0v) is 19.5. The number of hydrogen-bond acceptors (Lipinski definition) is 6. The van der Waals surface area contributed by atoms with E-state index in [1.54, 1.807) is 12.4 Å². The predicted octanol–water partition coefficient (Wildman–Crippen LogP) is 5.38. The second-order valence-corrected chi connectivity index (χ2v) is 8.56. The highest BCUT2D eigenvalue weighted by atomic mass is 19.4. The third kappa shape index (κ3) is 6.48. The fourth-order valence-electron chi connectivity index (χ4n) is 4.01. The molecule has 190 valence electrons. The van der Waals surface area contributed by atoms with E-state index in [4.69, 9.17) is 14.6 Å². The molecule has 11 heteroatoms.